The van der Waals surface area contributed by atoms with Gasteiger partial charge in [-0.3, -0.25) is 29.0 Å². The van der Waals surface area contributed by atoms with E-state index in [0.717, 1.165) is 0 Å². The van der Waals surface area contributed by atoms with E-state index in [9.17, 15) is 34.2 Å². The Hall–Kier alpha value is -3.30. The fourth-order valence-corrected chi connectivity index (χ4v) is 9.66. The van der Waals surface area contributed by atoms with E-state index in [1.807, 2.05) is 41.5 Å². The average Bonchev–Trinajstić information content (AvgIpc) is 3.79. The molecule has 0 bridgehead atoms. The molecule has 0 amide bonds. The topological polar surface area (TPSA) is 253 Å². The van der Waals surface area contributed by atoms with Crippen molar-refractivity contribution in [2.45, 2.75) is 105 Å². The quantitative estimate of drug-likeness (QED) is 0.0327. The van der Waals surface area contributed by atoms with Crippen LogP contribution < -0.4 is 17.2 Å². The van der Waals surface area contributed by atoms with Gasteiger partial charge in [0.1, 0.15) is 11.8 Å². The summed E-state index contributed by atoms with van der Waals surface area (Å²) in [4.78, 5) is 69.8. The van der Waals surface area contributed by atoms with Crippen LogP contribution in [0.15, 0.2) is 4.99 Å². The number of guanidine groups is 1. The molecule has 3 aliphatic carbocycles. The van der Waals surface area contributed by atoms with Gasteiger partial charge in [0.25, 0.3) is 0 Å². The number of nitrogens with zero attached hydrogens (tertiary/aromatic N) is 1. The van der Waals surface area contributed by atoms with Crippen molar-refractivity contribution in [2.24, 2.45) is 99.1 Å². The summed E-state index contributed by atoms with van der Waals surface area (Å²) >= 11 is 0. The van der Waals surface area contributed by atoms with Crippen LogP contribution in [0.1, 0.15) is 99.3 Å². The minimum absolute atomic E-state index is 0.00882. The van der Waals surface area contributed by atoms with E-state index >= 15 is 0 Å². The van der Waals surface area contributed by atoms with E-state index in [-0.39, 0.29) is 154 Å². The van der Waals surface area contributed by atoms with E-state index in [1.54, 1.807) is 0 Å². The number of aliphatic hydroxyl groups excluding tert-OH is 2. The first kappa shape index (κ1) is 48.1. The maximum Gasteiger partial charge on any atom is 0.322 e. The Balaban J connectivity index is 1.86. The minimum Gasteiger partial charge on any atom is -0.465 e. The van der Waals surface area contributed by atoms with Crippen molar-refractivity contribution < 1.29 is 53.1 Å². The van der Waals surface area contributed by atoms with Crippen molar-refractivity contribution in [3.05, 3.63) is 0 Å². The molecule has 0 spiro atoms. The minimum atomic E-state index is -0.893. The molecule has 57 heavy (non-hydrogen) atoms. The van der Waals surface area contributed by atoms with Crippen LogP contribution in [0.3, 0.4) is 0 Å². The Labute approximate surface area is 338 Å². The number of esters is 4. The van der Waals surface area contributed by atoms with Crippen LogP contribution in [0, 0.1) is 76.9 Å². The molecule has 0 aromatic rings. The van der Waals surface area contributed by atoms with E-state index in [1.165, 1.54) is 0 Å². The molecule has 0 aliphatic heterocycles. The van der Waals surface area contributed by atoms with Gasteiger partial charge in [-0.1, -0.05) is 41.5 Å². The maximum absolute atomic E-state index is 14.8. The lowest BCUT2D eigenvalue weighted by atomic mass is 9.73. The van der Waals surface area contributed by atoms with Crippen LogP contribution in [0.25, 0.3) is 0 Å². The molecule has 3 rings (SSSR count). The highest BCUT2D eigenvalue weighted by molar-refractivity contribution is 5.86. The van der Waals surface area contributed by atoms with Crippen LogP contribution in [0.5, 0.6) is 0 Å². The third-order valence-corrected chi connectivity index (χ3v) is 12.2. The number of Topliss-reactive ketones (excluding diaryl/α,β-unsaturated/α-hetero) is 1. The van der Waals surface area contributed by atoms with Crippen molar-refractivity contribution in [3.63, 3.8) is 0 Å². The largest absolute Gasteiger partial charge is 0.465 e. The number of ketones is 1. The second kappa shape index (κ2) is 23.3. The number of rotatable bonds is 23. The summed E-state index contributed by atoms with van der Waals surface area (Å²) in [5.41, 5.74) is 16.9. The monoisotopic (exact) mass is 809 g/mol. The summed E-state index contributed by atoms with van der Waals surface area (Å²) in [6.45, 7) is 11.7. The number of ether oxygens (including phenoxy) is 4. The fraction of sp³-hybridized carbons (Fsp3) is 0.857. The van der Waals surface area contributed by atoms with E-state index in [0.29, 0.717) is 45.1 Å². The molecule has 3 saturated carbocycles. The Morgan fingerprint density at radius 1 is 0.667 bits per heavy atom. The Morgan fingerprint density at radius 2 is 1.07 bits per heavy atom. The lowest BCUT2D eigenvalue weighted by molar-refractivity contribution is -0.151. The van der Waals surface area contributed by atoms with Gasteiger partial charge in [0, 0.05) is 62.7 Å². The highest BCUT2D eigenvalue weighted by Gasteiger charge is 2.56. The van der Waals surface area contributed by atoms with Crippen LogP contribution in [-0.4, -0.2) is 98.1 Å². The number of nitrogens with two attached hydrogens (primary N) is 3. The summed E-state index contributed by atoms with van der Waals surface area (Å²) in [5.74, 6) is -4.79. The molecule has 326 valence electrons. The third kappa shape index (κ3) is 14.5. The predicted octanol–water partition coefficient (Wildman–Crippen LogP) is 3.00. The van der Waals surface area contributed by atoms with Crippen molar-refractivity contribution in [1.29, 1.82) is 0 Å². The van der Waals surface area contributed by atoms with Gasteiger partial charge in [0.15, 0.2) is 5.96 Å². The van der Waals surface area contributed by atoms with Crippen LogP contribution in [-0.2, 0) is 42.9 Å². The van der Waals surface area contributed by atoms with Crippen LogP contribution in [0.4, 0.5) is 0 Å². The van der Waals surface area contributed by atoms with Gasteiger partial charge in [0.2, 0.25) is 0 Å². The van der Waals surface area contributed by atoms with Crippen molar-refractivity contribution in [1.82, 2.24) is 0 Å². The molecule has 3 fully saturated rings. The van der Waals surface area contributed by atoms with Gasteiger partial charge >= 0.3 is 23.9 Å². The zero-order chi connectivity index (χ0) is 42.4. The van der Waals surface area contributed by atoms with E-state index in [2.05, 4.69) is 4.99 Å². The standard InChI is InChI=1S/C42H72N4O11/c1-23(2)12-35(49)54-19-28-15-26(17-47)38(32(28)21-55-36(50)13-24(3)4)30-9-10-31(40(30)52)39-27(18-48)16-29(33(39)22-56-37(51)14-25(5)6)20-57-41(53)34(43)8-7-11-46-42(44)45/h23-34,38-39,47-48H,7-22,43H2,1-6H3,(H4,44,45,46)/t26-,27+,28+,29-,30?,31?,32-,33+,34-,38?,39?/m0/s1. The van der Waals surface area contributed by atoms with Crippen molar-refractivity contribution in [3.8, 4) is 0 Å². The number of aliphatic imine (C=N–C) groups is 1. The summed E-state index contributed by atoms with van der Waals surface area (Å²) < 4.78 is 23.1. The number of hydrogen-bond donors (Lipinski definition) is 5. The van der Waals surface area contributed by atoms with Gasteiger partial charge in [-0.15, -0.1) is 0 Å². The molecule has 8 N–H and O–H groups in total. The van der Waals surface area contributed by atoms with Gasteiger partial charge in [0.05, 0.1) is 26.4 Å². The van der Waals surface area contributed by atoms with Gasteiger partial charge in [-0.2, -0.15) is 0 Å². The van der Waals surface area contributed by atoms with Crippen LogP contribution >= 0.6 is 0 Å². The van der Waals surface area contributed by atoms with Crippen LogP contribution in [0.2, 0.25) is 0 Å². The predicted molar refractivity (Wildman–Crippen MR) is 213 cm³/mol. The first-order chi connectivity index (χ1) is 27.0. The number of aliphatic hydroxyl groups is 2. The molecule has 15 heteroatoms. The van der Waals surface area contributed by atoms with E-state index in [4.69, 9.17) is 36.1 Å². The molecule has 0 radical (unpaired) electrons. The summed E-state index contributed by atoms with van der Waals surface area (Å²) in [5, 5.41) is 21.4. The molecular formula is C42H72N4O11. The number of carbonyl (C=O) groups excluding carboxylic acids is 5. The number of carbonyl (C=O) groups is 5. The molecule has 0 aromatic carbocycles. The molecular weight excluding hydrogens is 736 g/mol. The van der Waals surface area contributed by atoms with Gasteiger partial charge in [-0.05, 0) is 91.8 Å². The highest BCUT2D eigenvalue weighted by Crippen LogP contribution is 2.55. The highest BCUT2D eigenvalue weighted by atomic mass is 16.5. The van der Waals surface area contributed by atoms with E-state index < -0.39 is 23.8 Å². The molecule has 15 nitrogen and oxygen atoms in total. The lowest BCUT2D eigenvalue weighted by Gasteiger charge is -2.33. The molecule has 0 saturated heterocycles. The summed E-state index contributed by atoms with van der Waals surface area (Å²) in [6.07, 6.45) is 3.55. The Morgan fingerprint density at radius 3 is 1.46 bits per heavy atom. The summed E-state index contributed by atoms with van der Waals surface area (Å²) in [7, 11) is 0. The van der Waals surface area contributed by atoms with Crippen molar-refractivity contribution in [2.75, 3.05) is 46.2 Å². The lowest BCUT2D eigenvalue weighted by Crippen LogP contribution is -2.39. The number of hydrogen-bond acceptors (Lipinski definition) is 13. The Kier molecular flexibility index (Phi) is 19.7. The smallest absolute Gasteiger partial charge is 0.322 e. The van der Waals surface area contributed by atoms with Crippen molar-refractivity contribution >= 4 is 35.6 Å². The first-order valence-corrected chi connectivity index (χ1v) is 21.2. The maximum atomic E-state index is 14.8. The molecule has 11 atom stereocenters. The average molecular weight is 809 g/mol. The SMILES string of the molecule is CC(C)CC(=O)OC[C@H]1C[C@@H](CO)C(C2CCC(C3[C@@H](CO)C[C@@H](COC(=O)[C@@H](N)CCCN=C(N)N)[C@H]3COC(=O)CC(C)C)C2=O)[C@H]1COC(=O)CC(C)C. The Bertz CT molecular complexity index is 1350. The molecule has 4 unspecified atom stereocenters. The zero-order valence-corrected chi connectivity index (χ0v) is 35.1. The molecule has 0 heterocycles. The normalized spacial score (nSPS) is 29.2. The van der Waals surface area contributed by atoms with Gasteiger partial charge in [-0.25, -0.2) is 0 Å². The zero-order valence-electron chi connectivity index (χ0n) is 35.1. The fourth-order valence-electron chi connectivity index (χ4n) is 9.66. The first-order valence-electron chi connectivity index (χ1n) is 21.2. The molecule has 0 aromatic heterocycles. The summed E-state index contributed by atoms with van der Waals surface area (Å²) in [6, 6.07) is -0.893. The third-order valence-electron chi connectivity index (χ3n) is 12.2. The molecule has 3 aliphatic rings. The van der Waals surface area contributed by atoms with Gasteiger partial charge < -0.3 is 46.4 Å². The second-order valence-corrected chi connectivity index (χ2v) is 18.1. The second-order valence-electron chi connectivity index (χ2n) is 18.1.